The van der Waals surface area contributed by atoms with Crippen LogP contribution in [0.4, 0.5) is 0 Å². The van der Waals surface area contributed by atoms with Crippen LogP contribution in [0.15, 0.2) is 10.6 Å². The lowest BCUT2D eigenvalue weighted by atomic mass is 10.2. The van der Waals surface area contributed by atoms with Gasteiger partial charge >= 0.3 is 5.97 Å². The molecular formula is C10H10N2O4. The molecule has 1 rings (SSSR count). The van der Waals surface area contributed by atoms with Gasteiger partial charge in [-0.2, -0.15) is 0 Å². The molecule has 16 heavy (non-hydrogen) atoms. The fraction of sp³-hybridized carbons (Fsp3) is 0.300. The molecule has 0 saturated heterocycles. The number of carbonyl (C=O) groups excluding carboxylic acids is 1. The summed E-state index contributed by atoms with van der Waals surface area (Å²) >= 11 is 0. The molecule has 0 saturated carbocycles. The van der Waals surface area contributed by atoms with Crippen LogP contribution in [0.25, 0.3) is 0 Å². The average molecular weight is 222 g/mol. The highest BCUT2D eigenvalue weighted by atomic mass is 16.5. The first-order valence-electron chi connectivity index (χ1n) is 4.55. The highest BCUT2D eigenvalue weighted by molar-refractivity contribution is 5.95. The quantitative estimate of drug-likeness (QED) is 0.724. The predicted octanol–water partition coefficient (Wildman–Crippen LogP) is 0.514. The third-order valence-corrected chi connectivity index (χ3v) is 1.87. The van der Waals surface area contributed by atoms with Crippen molar-refractivity contribution in [3.63, 3.8) is 0 Å². The van der Waals surface area contributed by atoms with Crippen molar-refractivity contribution >= 4 is 11.9 Å². The SMILES string of the molecule is C#CC(CC)NC(=O)c1cc(C(=O)O)on1. The Bertz CT molecular complexity index is 444. The number of rotatable bonds is 4. The van der Waals surface area contributed by atoms with Gasteiger partial charge in [-0.05, 0) is 6.42 Å². The van der Waals surface area contributed by atoms with E-state index in [1.165, 1.54) is 0 Å². The fourth-order valence-corrected chi connectivity index (χ4v) is 0.977. The van der Waals surface area contributed by atoms with Crippen molar-refractivity contribution in [2.24, 2.45) is 0 Å². The summed E-state index contributed by atoms with van der Waals surface area (Å²) in [6.45, 7) is 1.82. The first-order chi connectivity index (χ1) is 7.58. The van der Waals surface area contributed by atoms with Gasteiger partial charge in [0.05, 0.1) is 6.04 Å². The third kappa shape index (κ3) is 2.60. The minimum absolute atomic E-state index is 0.105. The molecule has 1 aromatic heterocycles. The van der Waals surface area contributed by atoms with Crippen LogP contribution in [0.2, 0.25) is 0 Å². The molecule has 0 spiro atoms. The molecule has 1 atom stereocenters. The molecule has 0 aromatic carbocycles. The van der Waals surface area contributed by atoms with Crippen molar-refractivity contribution < 1.29 is 19.2 Å². The van der Waals surface area contributed by atoms with Crippen molar-refractivity contribution in [2.75, 3.05) is 0 Å². The van der Waals surface area contributed by atoms with Gasteiger partial charge in [0, 0.05) is 6.07 Å². The van der Waals surface area contributed by atoms with Crippen LogP contribution < -0.4 is 5.32 Å². The lowest BCUT2D eigenvalue weighted by Crippen LogP contribution is -2.33. The van der Waals surface area contributed by atoms with E-state index in [2.05, 4.69) is 20.9 Å². The van der Waals surface area contributed by atoms with Gasteiger partial charge in [0.1, 0.15) is 0 Å². The maximum absolute atomic E-state index is 11.5. The minimum atomic E-state index is -1.28. The molecule has 6 nitrogen and oxygen atoms in total. The number of aromatic nitrogens is 1. The number of hydrogen-bond donors (Lipinski definition) is 2. The van der Waals surface area contributed by atoms with Gasteiger partial charge in [-0.1, -0.05) is 18.0 Å². The number of carboxylic acid groups (broad SMARTS) is 1. The number of nitrogens with one attached hydrogen (secondary N) is 1. The molecule has 1 heterocycles. The zero-order valence-corrected chi connectivity index (χ0v) is 8.56. The monoisotopic (exact) mass is 222 g/mol. The van der Waals surface area contributed by atoms with Crippen LogP contribution >= 0.6 is 0 Å². The Morgan fingerprint density at radius 1 is 1.75 bits per heavy atom. The number of nitrogens with zero attached hydrogens (tertiary/aromatic N) is 1. The van der Waals surface area contributed by atoms with E-state index in [0.29, 0.717) is 6.42 Å². The number of amides is 1. The highest BCUT2D eigenvalue weighted by Gasteiger charge is 2.17. The minimum Gasteiger partial charge on any atom is -0.475 e. The largest absolute Gasteiger partial charge is 0.475 e. The van der Waals surface area contributed by atoms with Crippen LogP contribution in [0.3, 0.4) is 0 Å². The molecule has 0 bridgehead atoms. The van der Waals surface area contributed by atoms with E-state index < -0.39 is 17.9 Å². The summed E-state index contributed by atoms with van der Waals surface area (Å²) in [5, 5.41) is 14.4. The van der Waals surface area contributed by atoms with Gasteiger partial charge in [0.15, 0.2) is 5.69 Å². The standard InChI is InChI=1S/C10H10N2O4/c1-3-6(4-2)11-9(13)7-5-8(10(14)15)16-12-7/h1,5-6H,4H2,2H3,(H,11,13)(H,14,15). The Hall–Kier alpha value is -2.29. The van der Waals surface area contributed by atoms with Crippen LogP contribution in [-0.2, 0) is 0 Å². The molecule has 0 radical (unpaired) electrons. The van der Waals surface area contributed by atoms with E-state index in [-0.39, 0.29) is 11.5 Å². The summed E-state index contributed by atoms with van der Waals surface area (Å²) in [6.07, 6.45) is 5.74. The average Bonchev–Trinajstić information content (AvgIpc) is 2.74. The van der Waals surface area contributed by atoms with Gasteiger partial charge in [-0.25, -0.2) is 4.79 Å². The van der Waals surface area contributed by atoms with Crippen LogP contribution in [0, 0.1) is 12.3 Å². The number of aromatic carboxylic acids is 1. The molecule has 1 aromatic rings. The molecule has 0 fully saturated rings. The molecule has 0 aliphatic heterocycles. The highest BCUT2D eigenvalue weighted by Crippen LogP contribution is 2.04. The number of carboxylic acids is 1. The Labute approximate surface area is 91.6 Å². The third-order valence-electron chi connectivity index (χ3n) is 1.87. The van der Waals surface area contributed by atoms with Crippen LogP contribution in [0.5, 0.6) is 0 Å². The normalized spacial score (nSPS) is 11.5. The van der Waals surface area contributed by atoms with E-state index in [1.54, 1.807) is 0 Å². The Morgan fingerprint density at radius 3 is 2.88 bits per heavy atom. The lowest BCUT2D eigenvalue weighted by molar-refractivity contribution is 0.0651. The topological polar surface area (TPSA) is 92.4 Å². The van der Waals surface area contributed by atoms with Crippen LogP contribution in [0.1, 0.15) is 34.4 Å². The molecule has 6 heteroatoms. The smallest absolute Gasteiger partial charge is 0.374 e. The Balaban J connectivity index is 2.74. The van der Waals surface area contributed by atoms with Gasteiger partial charge in [-0.3, -0.25) is 4.79 Å². The molecule has 1 amide bonds. The van der Waals surface area contributed by atoms with Gasteiger partial charge < -0.3 is 14.9 Å². The molecular weight excluding hydrogens is 212 g/mol. The van der Waals surface area contributed by atoms with E-state index in [9.17, 15) is 9.59 Å². The number of carbonyl (C=O) groups is 2. The van der Waals surface area contributed by atoms with E-state index in [4.69, 9.17) is 11.5 Å². The predicted molar refractivity (Wildman–Crippen MR) is 53.8 cm³/mol. The van der Waals surface area contributed by atoms with E-state index >= 15 is 0 Å². The maximum atomic E-state index is 11.5. The first kappa shape index (κ1) is 11.8. The summed E-state index contributed by atoms with van der Waals surface area (Å²) in [4.78, 5) is 22.0. The van der Waals surface area contributed by atoms with Gasteiger partial charge in [0.25, 0.3) is 5.91 Å². The first-order valence-corrected chi connectivity index (χ1v) is 4.55. The van der Waals surface area contributed by atoms with Crippen molar-refractivity contribution in [2.45, 2.75) is 19.4 Å². The molecule has 84 valence electrons. The summed E-state index contributed by atoms with van der Waals surface area (Å²) in [7, 11) is 0. The van der Waals surface area contributed by atoms with Crippen LogP contribution in [-0.4, -0.2) is 28.2 Å². The van der Waals surface area contributed by atoms with Crippen molar-refractivity contribution in [3.8, 4) is 12.3 Å². The maximum Gasteiger partial charge on any atom is 0.374 e. The summed E-state index contributed by atoms with van der Waals surface area (Å²) in [5.74, 6) is 0.149. The molecule has 0 aliphatic carbocycles. The molecule has 0 aliphatic rings. The second kappa shape index (κ2) is 4.98. The lowest BCUT2D eigenvalue weighted by Gasteiger charge is -2.07. The van der Waals surface area contributed by atoms with Crippen molar-refractivity contribution in [1.82, 2.24) is 10.5 Å². The summed E-state index contributed by atoms with van der Waals surface area (Å²) in [5.41, 5.74) is -0.105. The Kier molecular flexibility index (Phi) is 3.67. The van der Waals surface area contributed by atoms with Crippen molar-refractivity contribution in [1.29, 1.82) is 0 Å². The molecule has 2 N–H and O–H groups in total. The van der Waals surface area contributed by atoms with E-state index in [0.717, 1.165) is 6.07 Å². The van der Waals surface area contributed by atoms with Gasteiger partial charge in [0.2, 0.25) is 5.76 Å². The molecule has 1 unspecified atom stereocenters. The fourth-order valence-electron chi connectivity index (χ4n) is 0.977. The van der Waals surface area contributed by atoms with E-state index in [1.807, 2.05) is 6.92 Å². The summed E-state index contributed by atoms with van der Waals surface area (Å²) in [6, 6.07) is 0.637. The second-order valence-corrected chi connectivity index (χ2v) is 2.98. The van der Waals surface area contributed by atoms with Gasteiger partial charge in [-0.15, -0.1) is 6.42 Å². The number of hydrogen-bond acceptors (Lipinski definition) is 4. The number of terminal acetylenes is 1. The zero-order valence-electron chi connectivity index (χ0n) is 8.56. The zero-order chi connectivity index (χ0) is 12.1. The second-order valence-electron chi connectivity index (χ2n) is 2.98. The Morgan fingerprint density at radius 2 is 2.44 bits per heavy atom. The van der Waals surface area contributed by atoms with Crippen molar-refractivity contribution in [3.05, 3.63) is 17.5 Å². The summed E-state index contributed by atoms with van der Waals surface area (Å²) < 4.78 is 4.43.